The first-order valence-electron chi connectivity index (χ1n) is 10.2. The zero-order valence-electron chi connectivity index (χ0n) is 16.5. The molecule has 0 radical (unpaired) electrons. The van der Waals surface area contributed by atoms with Gasteiger partial charge in [-0.15, -0.1) is 0 Å². The summed E-state index contributed by atoms with van der Waals surface area (Å²) in [5.74, 6) is 0.688. The Morgan fingerprint density at radius 3 is 1.85 bits per heavy atom. The second kappa shape index (κ2) is 13.2. The molecule has 26 heavy (non-hydrogen) atoms. The van der Waals surface area contributed by atoms with Gasteiger partial charge in [0.1, 0.15) is 5.75 Å². The van der Waals surface area contributed by atoms with Crippen molar-refractivity contribution in [2.75, 3.05) is 12.4 Å². The molecule has 0 bridgehead atoms. The van der Waals surface area contributed by atoms with E-state index in [0.29, 0.717) is 13.0 Å². The molecule has 0 saturated carbocycles. The Kier molecular flexibility index (Phi) is 11.6. The smallest absolute Gasteiger partial charge is 0.264 e. The third kappa shape index (κ3) is 10.2. The van der Waals surface area contributed by atoms with Crippen molar-refractivity contribution < 1.29 is 17.7 Å². The van der Waals surface area contributed by atoms with E-state index in [2.05, 4.69) is 32.0 Å². The molecule has 0 aliphatic carbocycles. The molecule has 1 aromatic rings. The van der Waals surface area contributed by atoms with Crippen LogP contribution < -0.4 is 4.74 Å². The van der Waals surface area contributed by atoms with Crippen molar-refractivity contribution >= 4 is 10.1 Å². The predicted octanol–water partition coefficient (Wildman–Crippen LogP) is 5.59. The summed E-state index contributed by atoms with van der Waals surface area (Å²) in [5.41, 5.74) is 2.45. The maximum atomic E-state index is 10.9. The molecule has 0 spiro atoms. The third-order valence-corrected chi connectivity index (χ3v) is 5.38. The summed E-state index contributed by atoms with van der Waals surface area (Å²) < 4.78 is 36.6. The molecule has 150 valence electrons. The summed E-state index contributed by atoms with van der Waals surface area (Å²) in [5, 5.41) is 0. The van der Waals surface area contributed by atoms with E-state index in [9.17, 15) is 8.42 Å². The van der Waals surface area contributed by atoms with Crippen LogP contribution in [0.2, 0.25) is 0 Å². The summed E-state index contributed by atoms with van der Waals surface area (Å²) in [7, 11) is -3.92. The van der Waals surface area contributed by atoms with Crippen molar-refractivity contribution in [1.29, 1.82) is 0 Å². The number of ether oxygens (including phenoxy) is 1. The van der Waals surface area contributed by atoms with Gasteiger partial charge in [0.05, 0.1) is 12.4 Å². The van der Waals surface area contributed by atoms with E-state index in [1.807, 2.05) is 0 Å². The molecule has 0 saturated heterocycles. The molecule has 0 aliphatic rings. The molecule has 4 nitrogen and oxygen atoms in total. The molecule has 0 atom stereocenters. The van der Waals surface area contributed by atoms with Gasteiger partial charge in [0.25, 0.3) is 10.1 Å². The van der Waals surface area contributed by atoms with Crippen LogP contribution in [0.4, 0.5) is 0 Å². The topological polar surface area (TPSA) is 63.6 Å². The van der Waals surface area contributed by atoms with Crippen LogP contribution in [0.1, 0.15) is 82.8 Å². The zero-order valence-corrected chi connectivity index (χ0v) is 17.3. The lowest BCUT2D eigenvalue weighted by Crippen LogP contribution is -2.10. The van der Waals surface area contributed by atoms with Gasteiger partial charge >= 0.3 is 0 Å². The lowest BCUT2D eigenvalue weighted by molar-refractivity contribution is 0.309. The predicted molar refractivity (Wildman–Crippen MR) is 109 cm³/mol. The van der Waals surface area contributed by atoms with Gasteiger partial charge in [0, 0.05) is 0 Å². The molecule has 0 unspecified atom stereocenters. The maximum Gasteiger partial charge on any atom is 0.264 e. The largest absolute Gasteiger partial charge is 0.493 e. The third-order valence-electron chi connectivity index (χ3n) is 4.57. The zero-order chi connectivity index (χ0) is 19.3. The Balaban J connectivity index is 2.72. The lowest BCUT2D eigenvalue weighted by atomic mass is 9.99. The van der Waals surface area contributed by atoms with Gasteiger partial charge in [-0.2, -0.15) is 8.42 Å². The Morgan fingerprint density at radius 2 is 1.38 bits per heavy atom. The van der Waals surface area contributed by atoms with Crippen molar-refractivity contribution in [3.05, 3.63) is 29.3 Å². The summed E-state index contributed by atoms with van der Waals surface area (Å²) >= 11 is 0. The van der Waals surface area contributed by atoms with Gasteiger partial charge in [-0.3, -0.25) is 4.55 Å². The van der Waals surface area contributed by atoms with Crippen LogP contribution >= 0.6 is 0 Å². The van der Waals surface area contributed by atoms with Crippen molar-refractivity contribution in [3.8, 4) is 5.75 Å². The van der Waals surface area contributed by atoms with E-state index in [1.54, 1.807) is 0 Å². The second-order valence-corrected chi connectivity index (χ2v) is 8.59. The average molecular weight is 385 g/mol. The molecule has 0 aliphatic heterocycles. The molecule has 0 fully saturated rings. The minimum atomic E-state index is -3.92. The standard InChI is InChI=1S/C21H36O4S/c1-3-5-7-9-13-19-15-11-16-20(14-10-8-6-4-2)21(19)25-17-12-18-26(22,23)24/h11,15-16H,3-10,12-14,17-18H2,1-2H3,(H,22,23,24). The fourth-order valence-electron chi connectivity index (χ4n) is 3.12. The molecular weight excluding hydrogens is 348 g/mol. The minimum absolute atomic E-state index is 0.252. The van der Waals surface area contributed by atoms with Gasteiger partial charge in [0.2, 0.25) is 0 Å². The fourth-order valence-corrected chi connectivity index (χ4v) is 3.60. The summed E-state index contributed by atoms with van der Waals surface area (Å²) in [6.45, 7) is 4.73. The van der Waals surface area contributed by atoms with Gasteiger partial charge in [-0.05, 0) is 43.2 Å². The molecular formula is C21H36O4S. The van der Waals surface area contributed by atoms with E-state index in [0.717, 1.165) is 31.4 Å². The summed E-state index contributed by atoms with van der Waals surface area (Å²) in [6.07, 6.45) is 12.0. The van der Waals surface area contributed by atoms with Crippen molar-refractivity contribution in [2.24, 2.45) is 0 Å². The number of hydrogen-bond donors (Lipinski definition) is 1. The van der Waals surface area contributed by atoms with Gasteiger partial charge in [-0.25, -0.2) is 0 Å². The number of aryl methyl sites for hydroxylation is 2. The van der Waals surface area contributed by atoms with Crippen molar-refractivity contribution in [1.82, 2.24) is 0 Å². The van der Waals surface area contributed by atoms with Crippen LogP contribution in [-0.4, -0.2) is 25.3 Å². The molecule has 1 N–H and O–H groups in total. The molecule has 1 aromatic carbocycles. The van der Waals surface area contributed by atoms with E-state index in [1.165, 1.54) is 49.7 Å². The number of rotatable bonds is 15. The van der Waals surface area contributed by atoms with Crippen LogP contribution in [0.15, 0.2) is 18.2 Å². The molecule has 0 aromatic heterocycles. The first-order valence-corrected chi connectivity index (χ1v) is 11.8. The Hall–Kier alpha value is -1.07. The minimum Gasteiger partial charge on any atom is -0.493 e. The van der Waals surface area contributed by atoms with Gasteiger partial charge in [-0.1, -0.05) is 70.6 Å². The van der Waals surface area contributed by atoms with E-state index < -0.39 is 10.1 Å². The van der Waals surface area contributed by atoms with Crippen molar-refractivity contribution in [2.45, 2.75) is 84.5 Å². The molecule has 0 heterocycles. The van der Waals surface area contributed by atoms with Crippen LogP contribution in [-0.2, 0) is 23.0 Å². The lowest BCUT2D eigenvalue weighted by Gasteiger charge is -2.16. The highest BCUT2D eigenvalue weighted by molar-refractivity contribution is 7.85. The number of benzene rings is 1. The van der Waals surface area contributed by atoms with Crippen LogP contribution in [0, 0.1) is 0 Å². The van der Waals surface area contributed by atoms with Crippen LogP contribution in [0.3, 0.4) is 0 Å². The van der Waals surface area contributed by atoms with Crippen LogP contribution in [0.25, 0.3) is 0 Å². The summed E-state index contributed by atoms with van der Waals surface area (Å²) in [4.78, 5) is 0. The number of unbranched alkanes of at least 4 members (excludes halogenated alkanes) is 6. The van der Waals surface area contributed by atoms with Crippen molar-refractivity contribution in [3.63, 3.8) is 0 Å². The Morgan fingerprint density at radius 1 is 0.846 bits per heavy atom. The van der Waals surface area contributed by atoms with Gasteiger partial charge in [0.15, 0.2) is 0 Å². The fraction of sp³-hybridized carbons (Fsp3) is 0.714. The number of para-hydroxylation sites is 1. The normalized spacial score (nSPS) is 11.7. The van der Waals surface area contributed by atoms with Crippen LogP contribution in [0.5, 0.6) is 5.75 Å². The average Bonchev–Trinajstić information content (AvgIpc) is 2.59. The molecule has 5 heteroatoms. The monoisotopic (exact) mass is 384 g/mol. The first kappa shape index (κ1) is 23.0. The molecule has 1 rings (SSSR count). The molecule has 0 amide bonds. The Labute approximate surface area is 160 Å². The summed E-state index contributed by atoms with van der Waals surface area (Å²) in [6, 6.07) is 6.36. The quantitative estimate of drug-likeness (QED) is 0.316. The van der Waals surface area contributed by atoms with Gasteiger partial charge < -0.3 is 4.74 Å². The highest BCUT2D eigenvalue weighted by atomic mass is 32.2. The van der Waals surface area contributed by atoms with E-state index in [4.69, 9.17) is 9.29 Å². The first-order chi connectivity index (χ1) is 12.5. The highest BCUT2D eigenvalue weighted by Crippen LogP contribution is 2.28. The SMILES string of the molecule is CCCCCCc1cccc(CCCCCC)c1OCCCS(=O)(=O)O. The maximum absolute atomic E-state index is 10.9. The highest BCUT2D eigenvalue weighted by Gasteiger charge is 2.11. The number of hydrogen-bond acceptors (Lipinski definition) is 3. The Bertz CT molecular complexity index is 566. The van der Waals surface area contributed by atoms with E-state index in [-0.39, 0.29) is 5.75 Å². The second-order valence-electron chi connectivity index (χ2n) is 7.01. The van der Waals surface area contributed by atoms with E-state index >= 15 is 0 Å².